The normalized spacial score (nSPS) is 10.2. The van der Waals surface area contributed by atoms with Crippen molar-refractivity contribution in [2.45, 2.75) is 13.8 Å². The Morgan fingerprint density at radius 3 is 2.38 bits per heavy atom. The first kappa shape index (κ1) is 11.8. The van der Waals surface area contributed by atoms with Gasteiger partial charge in [0.15, 0.2) is 5.82 Å². The predicted octanol–water partition coefficient (Wildman–Crippen LogP) is 3.24. The highest BCUT2D eigenvalue weighted by Gasteiger charge is 2.01. The molecule has 0 fully saturated rings. The third-order valence-corrected chi connectivity index (χ3v) is 1.94. The minimum absolute atomic E-state index is 0.782. The topological polar surface area (TPSA) is 25.8 Å². The lowest BCUT2D eigenvalue weighted by Crippen LogP contribution is -1.82. The Kier molecular flexibility index (Phi) is 5.72. The summed E-state index contributed by atoms with van der Waals surface area (Å²) < 4.78 is 4.15. The third kappa shape index (κ3) is 3.34. The summed E-state index contributed by atoms with van der Waals surface area (Å²) in [5.41, 5.74) is 0.995. The van der Waals surface area contributed by atoms with Crippen LogP contribution in [0.2, 0.25) is 0 Å². The molecule has 2 nitrogen and oxygen atoms in total. The molecule has 1 aromatic heterocycles. The summed E-state index contributed by atoms with van der Waals surface area (Å²) >= 11 is 1.41. The molecule has 0 amide bonds. The van der Waals surface area contributed by atoms with Gasteiger partial charge in [-0.1, -0.05) is 18.7 Å². The molecule has 13 heavy (non-hydrogen) atoms. The molecule has 0 saturated carbocycles. The molecule has 0 unspecified atom stereocenters. The molecule has 1 rings (SSSR count). The lowest BCUT2D eigenvalue weighted by atomic mass is 10.2. The minimum atomic E-state index is 0.782. The standard InChI is InChI=1S/C8H10N2S.C2H4/c1-4-7(5-2)8-9-6(3)11-10-8;1-2/h4-5H,1H2,2-3H3;1-2H2/b7-5+;. The summed E-state index contributed by atoms with van der Waals surface area (Å²) in [7, 11) is 0. The van der Waals surface area contributed by atoms with E-state index in [0.717, 1.165) is 16.4 Å². The second-order valence-corrected chi connectivity index (χ2v) is 3.04. The van der Waals surface area contributed by atoms with Gasteiger partial charge in [-0.05, 0) is 25.4 Å². The van der Waals surface area contributed by atoms with Crippen molar-refractivity contribution in [2.75, 3.05) is 0 Å². The first-order chi connectivity index (χ1) is 6.27. The number of aromatic nitrogens is 2. The van der Waals surface area contributed by atoms with Gasteiger partial charge in [0.1, 0.15) is 5.01 Å². The van der Waals surface area contributed by atoms with Crippen LogP contribution in [-0.4, -0.2) is 9.36 Å². The molecule has 70 valence electrons. The van der Waals surface area contributed by atoms with Crippen molar-refractivity contribution in [3.05, 3.63) is 42.7 Å². The fourth-order valence-corrected chi connectivity index (χ4v) is 1.25. The summed E-state index contributed by atoms with van der Waals surface area (Å²) in [5.74, 6) is 0.782. The number of allylic oxidation sites excluding steroid dienone is 3. The fourth-order valence-electron chi connectivity index (χ4n) is 0.755. The van der Waals surface area contributed by atoms with Crippen molar-refractivity contribution in [1.82, 2.24) is 9.36 Å². The van der Waals surface area contributed by atoms with E-state index in [2.05, 4.69) is 29.1 Å². The summed E-state index contributed by atoms with van der Waals surface area (Å²) in [6, 6.07) is 0. The van der Waals surface area contributed by atoms with Gasteiger partial charge in [0, 0.05) is 5.57 Å². The molecule has 0 aromatic carbocycles. The number of hydrogen-bond acceptors (Lipinski definition) is 3. The predicted molar refractivity (Wildman–Crippen MR) is 59.7 cm³/mol. The summed E-state index contributed by atoms with van der Waals surface area (Å²) in [6.45, 7) is 13.6. The Hall–Kier alpha value is -1.22. The molecule has 0 aliphatic carbocycles. The summed E-state index contributed by atoms with van der Waals surface area (Å²) in [4.78, 5) is 4.22. The van der Waals surface area contributed by atoms with Crippen molar-refractivity contribution in [2.24, 2.45) is 0 Å². The van der Waals surface area contributed by atoms with E-state index in [1.165, 1.54) is 11.5 Å². The summed E-state index contributed by atoms with van der Waals surface area (Å²) in [6.07, 6.45) is 3.72. The van der Waals surface area contributed by atoms with Crippen LogP contribution in [0.25, 0.3) is 5.57 Å². The first-order valence-corrected chi connectivity index (χ1v) is 4.64. The van der Waals surface area contributed by atoms with E-state index in [1.54, 1.807) is 6.08 Å². The lowest BCUT2D eigenvalue weighted by Gasteiger charge is -1.90. The second-order valence-electron chi connectivity index (χ2n) is 2.09. The highest BCUT2D eigenvalue weighted by Crippen LogP contribution is 2.13. The third-order valence-electron chi connectivity index (χ3n) is 1.32. The maximum absolute atomic E-state index is 4.22. The van der Waals surface area contributed by atoms with Gasteiger partial charge in [0.25, 0.3) is 0 Å². The Morgan fingerprint density at radius 2 is 2.08 bits per heavy atom. The van der Waals surface area contributed by atoms with E-state index in [1.807, 2.05) is 19.9 Å². The first-order valence-electron chi connectivity index (χ1n) is 3.87. The molecular weight excluding hydrogens is 180 g/mol. The smallest absolute Gasteiger partial charge is 0.172 e. The molecule has 3 heteroatoms. The molecule has 0 aliphatic rings. The zero-order chi connectivity index (χ0) is 10.3. The van der Waals surface area contributed by atoms with E-state index in [4.69, 9.17) is 0 Å². The molecular formula is C10H14N2S. The Morgan fingerprint density at radius 1 is 1.46 bits per heavy atom. The van der Waals surface area contributed by atoms with Gasteiger partial charge in [-0.3, -0.25) is 0 Å². The molecule has 0 N–H and O–H groups in total. The van der Waals surface area contributed by atoms with Crippen molar-refractivity contribution in [3.8, 4) is 0 Å². The van der Waals surface area contributed by atoms with Gasteiger partial charge >= 0.3 is 0 Å². The van der Waals surface area contributed by atoms with Crippen LogP contribution in [0.15, 0.2) is 31.9 Å². The van der Waals surface area contributed by atoms with Gasteiger partial charge in [0.05, 0.1) is 0 Å². The van der Waals surface area contributed by atoms with E-state index in [9.17, 15) is 0 Å². The molecule has 0 saturated heterocycles. The SMILES string of the molecule is C=C.C=C/C(=C\C)c1nsc(C)n1. The number of hydrogen-bond donors (Lipinski definition) is 0. The van der Waals surface area contributed by atoms with Gasteiger partial charge in [-0.25, -0.2) is 4.98 Å². The molecule has 0 aliphatic heterocycles. The zero-order valence-electron chi connectivity index (χ0n) is 8.08. The van der Waals surface area contributed by atoms with E-state index < -0.39 is 0 Å². The average Bonchev–Trinajstić information content (AvgIpc) is 2.58. The van der Waals surface area contributed by atoms with Crippen LogP contribution in [0.3, 0.4) is 0 Å². The number of aryl methyl sites for hydroxylation is 1. The van der Waals surface area contributed by atoms with E-state index >= 15 is 0 Å². The number of rotatable bonds is 2. The lowest BCUT2D eigenvalue weighted by molar-refractivity contribution is 1.21. The summed E-state index contributed by atoms with van der Waals surface area (Å²) in [5, 5.41) is 0.987. The molecule has 0 bridgehead atoms. The minimum Gasteiger partial charge on any atom is -0.220 e. The van der Waals surface area contributed by atoms with Crippen molar-refractivity contribution in [1.29, 1.82) is 0 Å². The van der Waals surface area contributed by atoms with Crippen LogP contribution in [0.1, 0.15) is 17.8 Å². The monoisotopic (exact) mass is 194 g/mol. The Bertz CT molecular complexity index is 300. The Balaban J connectivity index is 0.000000671. The van der Waals surface area contributed by atoms with Gasteiger partial charge in [-0.2, -0.15) is 4.37 Å². The maximum Gasteiger partial charge on any atom is 0.172 e. The van der Waals surface area contributed by atoms with Gasteiger partial charge < -0.3 is 0 Å². The fraction of sp³-hybridized carbons (Fsp3) is 0.200. The highest BCUT2D eigenvalue weighted by molar-refractivity contribution is 7.05. The van der Waals surface area contributed by atoms with Crippen LogP contribution in [0.5, 0.6) is 0 Å². The van der Waals surface area contributed by atoms with E-state index in [-0.39, 0.29) is 0 Å². The van der Waals surface area contributed by atoms with E-state index in [0.29, 0.717) is 0 Å². The second kappa shape index (κ2) is 6.31. The highest BCUT2D eigenvalue weighted by atomic mass is 32.1. The number of nitrogens with zero attached hydrogens (tertiary/aromatic N) is 2. The molecule has 1 aromatic rings. The van der Waals surface area contributed by atoms with Crippen LogP contribution in [0.4, 0.5) is 0 Å². The molecule has 1 heterocycles. The molecule has 0 radical (unpaired) electrons. The Labute approximate surface area is 83.5 Å². The quantitative estimate of drug-likeness (QED) is 0.533. The van der Waals surface area contributed by atoms with Crippen molar-refractivity contribution >= 4 is 17.1 Å². The molecule has 0 atom stereocenters. The maximum atomic E-state index is 4.22. The largest absolute Gasteiger partial charge is 0.220 e. The van der Waals surface area contributed by atoms with Crippen LogP contribution >= 0.6 is 11.5 Å². The van der Waals surface area contributed by atoms with Crippen LogP contribution < -0.4 is 0 Å². The van der Waals surface area contributed by atoms with Crippen molar-refractivity contribution in [3.63, 3.8) is 0 Å². The van der Waals surface area contributed by atoms with Crippen LogP contribution in [0, 0.1) is 6.92 Å². The molecule has 0 spiro atoms. The zero-order valence-corrected chi connectivity index (χ0v) is 8.90. The van der Waals surface area contributed by atoms with Crippen molar-refractivity contribution < 1.29 is 0 Å². The van der Waals surface area contributed by atoms with Gasteiger partial charge in [-0.15, -0.1) is 13.2 Å². The van der Waals surface area contributed by atoms with Crippen LogP contribution in [-0.2, 0) is 0 Å². The average molecular weight is 194 g/mol. The van der Waals surface area contributed by atoms with Gasteiger partial charge in [0.2, 0.25) is 0 Å².